The number of alkyl halides is 1. The number of pyridine rings is 1. The lowest BCUT2D eigenvalue weighted by Gasteiger charge is -2.17. The summed E-state index contributed by atoms with van der Waals surface area (Å²) in [6, 6.07) is 9.98. The molecule has 196 valence electrons. The van der Waals surface area contributed by atoms with Crippen LogP contribution in [-0.4, -0.2) is 28.6 Å². The summed E-state index contributed by atoms with van der Waals surface area (Å²) in [5.74, 6) is 2.47. The Bertz CT molecular complexity index is 1440. The maximum atomic E-state index is 11.7. The molecule has 38 heavy (non-hydrogen) atoms. The van der Waals surface area contributed by atoms with E-state index in [1.54, 1.807) is 12.3 Å². The average Bonchev–Trinajstić information content (AvgIpc) is 3.85. The highest BCUT2D eigenvalue weighted by Gasteiger charge is 2.40. The van der Waals surface area contributed by atoms with Crippen molar-refractivity contribution in [3.05, 3.63) is 93.1 Å². The standard InChI is InChI=1S/C30H28Cl2N2O4/c1-16-12-19(9-10-20(16)22-13-21(22)18-8-11-26(33-14-18)30(35)36-2)37-15-23-28(34-38-29(23)17-6-7-17)27-24(31)4-3-5-25(27)32/h3-4,8-12,14,17,21-22,25H,5-7,13,15H2,1-2H3. The van der Waals surface area contributed by atoms with Crippen molar-refractivity contribution in [3.8, 4) is 5.75 Å². The quantitative estimate of drug-likeness (QED) is 0.214. The third-order valence-electron chi connectivity index (χ3n) is 7.62. The molecule has 0 spiro atoms. The van der Waals surface area contributed by atoms with Gasteiger partial charge in [0.1, 0.15) is 29.5 Å². The minimum atomic E-state index is -0.421. The summed E-state index contributed by atoms with van der Waals surface area (Å²) in [5, 5.41) is 4.74. The van der Waals surface area contributed by atoms with Crippen molar-refractivity contribution in [1.82, 2.24) is 10.1 Å². The summed E-state index contributed by atoms with van der Waals surface area (Å²) in [7, 11) is 1.36. The summed E-state index contributed by atoms with van der Waals surface area (Å²) in [6.45, 7) is 2.46. The fourth-order valence-electron chi connectivity index (χ4n) is 5.32. The normalized spacial score (nSPS) is 22.5. The van der Waals surface area contributed by atoms with Gasteiger partial charge in [0.15, 0.2) is 0 Å². The Morgan fingerprint density at radius 1 is 1.18 bits per heavy atom. The number of carbonyl (C=O) groups excluding carboxylic acids is 1. The molecule has 1 aromatic carbocycles. The van der Waals surface area contributed by atoms with E-state index in [9.17, 15) is 4.79 Å². The zero-order chi connectivity index (χ0) is 26.4. The number of ether oxygens (including phenoxy) is 2. The van der Waals surface area contributed by atoms with Gasteiger partial charge in [-0.3, -0.25) is 0 Å². The molecule has 2 aromatic heterocycles. The first-order chi connectivity index (χ1) is 18.4. The van der Waals surface area contributed by atoms with Crippen LogP contribution >= 0.6 is 23.2 Å². The first kappa shape index (κ1) is 25.2. The molecule has 0 bridgehead atoms. The third kappa shape index (κ3) is 4.87. The summed E-state index contributed by atoms with van der Waals surface area (Å²) in [5.41, 5.74) is 6.41. The minimum absolute atomic E-state index is 0.247. The fourth-order valence-corrected chi connectivity index (χ4v) is 6.01. The van der Waals surface area contributed by atoms with Crippen LogP contribution in [0.3, 0.4) is 0 Å². The number of rotatable bonds is 8. The number of aromatic nitrogens is 2. The molecule has 6 rings (SSSR count). The van der Waals surface area contributed by atoms with Crippen LogP contribution in [0.4, 0.5) is 0 Å². The Morgan fingerprint density at radius 2 is 2.03 bits per heavy atom. The van der Waals surface area contributed by atoms with Gasteiger partial charge in [-0.1, -0.05) is 35.0 Å². The predicted molar refractivity (Wildman–Crippen MR) is 146 cm³/mol. The SMILES string of the molecule is COC(=O)c1ccc(C2CC2c2ccc(OCc3c(C4=C(Cl)C=CCC4Cl)noc3C3CC3)cc2C)cn1. The number of esters is 1. The minimum Gasteiger partial charge on any atom is -0.489 e. The highest BCUT2D eigenvalue weighted by molar-refractivity contribution is 6.38. The van der Waals surface area contributed by atoms with Gasteiger partial charge in [-0.15, -0.1) is 11.6 Å². The molecule has 2 fully saturated rings. The van der Waals surface area contributed by atoms with E-state index in [0.717, 1.165) is 47.5 Å². The molecule has 0 amide bonds. The van der Waals surface area contributed by atoms with Crippen LogP contribution < -0.4 is 4.74 Å². The van der Waals surface area contributed by atoms with Crippen molar-refractivity contribution in [3.63, 3.8) is 0 Å². The topological polar surface area (TPSA) is 74.5 Å². The summed E-state index contributed by atoms with van der Waals surface area (Å²) >= 11 is 13.1. The van der Waals surface area contributed by atoms with Gasteiger partial charge < -0.3 is 14.0 Å². The summed E-state index contributed by atoms with van der Waals surface area (Å²) in [6.07, 6.45) is 9.58. The van der Waals surface area contributed by atoms with Gasteiger partial charge >= 0.3 is 5.97 Å². The Labute approximate surface area is 231 Å². The number of benzene rings is 1. The lowest BCUT2D eigenvalue weighted by molar-refractivity contribution is 0.0594. The second-order valence-electron chi connectivity index (χ2n) is 10.2. The van der Waals surface area contributed by atoms with E-state index in [-0.39, 0.29) is 5.38 Å². The third-order valence-corrected chi connectivity index (χ3v) is 8.35. The molecule has 0 N–H and O–H groups in total. The molecule has 3 aliphatic rings. The smallest absolute Gasteiger partial charge is 0.356 e. The molecular weight excluding hydrogens is 523 g/mol. The average molecular weight is 551 g/mol. The van der Waals surface area contributed by atoms with Crippen LogP contribution in [-0.2, 0) is 11.3 Å². The molecule has 6 nitrogen and oxygen atoms in total. The number of nitrogens with zero attached hydrogens (tertiary/aromatic N) is 2. The van der Waals surface area contributed by atoms with Gasteiger partial charge in [-0.05, 0) is 85.4 Å². The van der Waals surface area contributed by atoms with Crippen molar-refractivity contribution in [2.45, 2.75) is 62.3 Å². The van der Waals surface area contributed by atoms with Crippen molar-refractivity contribution < 1.29 is 18.8 Å². The lowest BCUT2D eigenvalue weighted by atomic mass is 9.97. The summed E-state index contributed by atoms with van der Waals surface area (Å²) < 4.78 is 16.8. The van der Waals surface area contributed by atoms with E-state index in [0.29, 0.717) is 47.2 Å². The molecule has 2 heterocycles. The fraction of sp³-hybridized carbons (Fsp3) is 0.367. The van der Waals surface area contributed by atoms with Crippen LogP contribution in [0.2, 0.25) is 0 Å². The van der Waals surface area contributed by atoms with E-state index in [2.05, 4.69) is 29.2 Å². The van der Waals surface area contributed by atoms with Crippen LogP contribution in [0.15, 0.2) is 58.2 Å². The lowest BCUT2D eigenvalue weighted by Crippen LogP contribution is -2.10. The highest BCUT2D eigenvalue weighted by atomic mass is 35.5. The number of hydrogen-bond acceptors (Lipinski definition) is 6. The Kier molecular flexibility index (Phi) is 6.79. The van der Waals surface area contributed by atoms with Gasteiger partial charge in [0.05, 0.1) is 18.1 Å². The zero-order valence-electron chi connectivity index (χ0n) is 21.2. The molecule has 3 atom stereocenters. The van der Waals surface area contributed by atoms with E-state index in [4.69, 9.17) is 37.2 Å². The molecule has 3 aliphatic carbocycles. The number of aryl methyl sites for hydroxylation is 1. The van der Waals surface area contributed by atoms with E-state index in [1.165, 1.54) is 18.2 Å². The number of halogens is 2. The van der Waals surface area contributed by atoms with Crippen molar-refractivity contribution in [2.24, 2.45) is 0 Å². The van der Waals surface area contributed by atoms with Gasteiger partial charge in [-0.2, -0.15) is 0 Å². The first-order valence-electron chi connectivity index (χ1n) is 12.9. The monoisotopic (exact) mass is 550 g/mol. The molecule has 3 aromatic rings. The van der Waals surface area contributed by atoms with Crippen molar-refractivity contribution in [2.75, 3.05) is 7.11 Å². The van der Waals surface area contributed by atoms with E-state index < -0.39 is 5.97 Å². The van der Waals surface area contributed by atoms with Crippen LogP contribution in [0.5, 0.6) is 5.75 Å². The number of hydrogen-bond donors (Lipinski definition) is 0. The Hall–Kier alpha value is -3.09. The van der Waals surface area contributed by atoms with Gasteiger partial charge in [0.2, 0.25) is 0 Å². The van der Waals surface area contributed by atoms with Crippen LogP contribution in [0, 0.1) is 6.92 Å². The van der Waals surface area contributed by atoms with Crippen molar-refractivity contribution in [1.29, 1.82) is 0 Å². The zero-order valence-corrected chi connectivity index (χ0v) is 22.8. The number of allylic oxidation sites excluding steroid dienone is 4. The molecule has 0 aliphatic heterocycles. The highest BCUT2D eigenvalue weighted by Crippen LogP contribution is 2.55. The van der Waals surface area contributed by atoms with E-state index >= 15 is 0 Å². The maximum Gasteiger partial charge on any atom is 0.356 e. The van der Waals surface area contributed by atoms with Gasteiger partial charge in [-0.25, -0.2) is 9.78 Å². The molecule has 0 radical (unpaired) electrons. The molecular formula is C30H28Cl2N2O4. The largest absolute Gasteiger partial charge is 0.489 e. The second-order valence-corrected chi connectivity index (χ2v) is 11.2. The Morgan fingerprint density at radius 3 is 2.71 bits per heavy atom. The number of carbonyl (C=O) groups is 1. The molecule has 0 saturated heterocycles. The van der Waals surface area contributed by atoms with Crippen molar-refractivity contribution >= 4 is 34.7 Å². The predicted octanol–water partition coefficient (Wildman–Crippen LogP) is 7.41. The van der Waals surface area contributed by atoms with Gasteiger partial charge in [0, 0.05) is 22.7 Å². The van der Waals surface area contributed by atoms with Gasteiger partial charge in [0.25, 0.3) is 0 Å². The maximum absolute atomic E-state index is 11.7. The number of methoxy groups -OCH3 is 1. The van der Waals surface area contributed by atoms with E-state index in [1.807, 2.05) is 24.3 Å². The van der Waals surface area contributed by atoms with Crippen LogP contribution in [0.25, 0.3) is 5.57 Å². The second kappa shape index (κ2) is 10.2. The molecule has 2 saturated carbocycles. The summed E-state index contributed by atoms with van der Waals surface area (Å²) in [4.78, 5) is 15.9. The first-order valence-corrected chi connectivity index (χ1v) is 13.7. The Balaban J connectivity index is 1.17. The molecule has 3 unspecified atom stereocenters. The van der Waals surface area contributed by atoms with Crippen LogP contribution in [0.1, 0.15) is 87.6 Å². The molecule has 8 heteroatoms.